The van der Waals surface area contributed by atoms with Crippen LogP contribution in [0.2, 0.25) is 5.02 Å². The Morgan fingerprint density at radius 1 is 1.07 bits per heavy atom. The van der Waals surface area contributed by atoms with Crippen molar-refractivity contribution in [2.24, 2.45) is 11.7 Å². The summed E-state index contributed by atoms with van der Waals surface area (Å²) in [5.74, 6) is -1.75. The summed E-state index contributed by atoms with van der Waals surface area (Å²) in [6.45, 7) is 12.7. The number of nitrogens with one attached hydrogen (secondary N) is 2. The lowest BCUT2D eigenvalue weighted by Gasteiger charge is -2.35. The minimum Gasteiger partial charge on any atom is -0.444 e. The standard InChI is InChI=1S/C30H39ClN4O5/c1-16-11-12-20(13-18(16)3)26(27(37)34-25-17(2)9-8-10-21(25)31)35(23-14-19(23)4)28(38)22(15-24(32)36)33-29(39)40-30(5,6)7/h8-13,19,22-23,26H,14-15H2,1-7H3,(H2,32,36)(H,33,39)(H,34,37). The first-order valence-corrected chi connectivity index (χ1v) is 13.7. The van der Waals surface area contributed by atoms with Crippen LogP contribution in [0.15, 0.2) is 36.4 Å². The van der Waals surface area contributed by atoms with Crippen LogP contribution in [-0.2, 0) is 19.1 Å². The number of aryl methyl sites for hydroxylation is 3. The molecule has 1 saturated carbocycles. The van der Waals surface area contributed by atoms with E-state index < -0.39 is 47.9 Å². The number of anilines is 1. The number of para-hydroxylation sites is 1. The predicted molar refractivity (Wildman–Crippen MR) is 155 cm³/mol. The molecule has 1 aliphatic rings. The largest absolute Gasteiger partial charge is 0.444 e. The number of carbonyl (C=O) groups excluding carboxylic acids is 4. The lowest BCUT2D eigenvalue weighted by atomic mass is 9.97. The molecule has 0 radical (unpaired) electrons. The van der Waals surface area contributed by atoms with Crippen molar-refractivity contribution in [3.63, 3.8) is 0 Å². The maximum absolute atomic E-state index is 14.2. The summed E-state index contributed by atoms with van der Waals surface area (Å²) in [5.41, 5.74) is 8.42. The van der Waals surface area contributed by atoms with Crippen molar-refractivity contribution < 1.29 is 23.9 Å². The van der Waals surface area contributed by atoms with Crippen molar-refractivity contribution in [1.29, 1.82) is 0 Å². The molecule has 10 heteroatoms. The minimum atomic E-state index is -1.33. The maximum Gasteiger partial charge on any atom is 0.408 e. The molecule has 4 amide bonds. The fraction of sp³-hybridized carbons (Fsp3) is 0.467. The molecular weight excluding hydrogens is 532 g/mol. The number of amides is 4. The van der Waals surface area contributed by atoms with Crippen LogP contribution in [-0.4, -0.2) is 46.4 Å². The zero-order chi connectivity index (χ0) is 29.9. The molecule has 2 aromatic carbocycles. The number of carbonyl (C=O) groups is 4. The molecule has 40 heavy (non-hydrogen) atoms. The Kier molecular flexibility index (Phi) is 9.51. The van der Waals surface area contributed by atoms with Crippen LogP contribution in [0.25, 0.3) is 0 Å². The van der Waals surface area contributed by atoms with Gasteiger partial charge in [0, 0.05) is 6.04 Å². The second kappa shape index (κ2) is 12.3. The smallest absolute Gasteiger partial charge is 0.408 e. The van der Waals surface area contributed by atoms with Crippen LogP contribution in [0, 0.1) is 26.7 Å². The average Bonchev–Trinajstić information content (AvgIpc) is 3.55. The molecule has 216 valence electrons. The van der Waals surface area contributed by atoms with E-state index in [4.69, 9.17) is 22.1 Å². The molecule has 1 fully saturated rings. The molecule has 0 spiro atoms. The summed E-state index contributed by atoms with van der Waals surface area (Å²) in [6.07, 6.45) is -0.670. The first-order valence-electron chi connectivity index (χ1n) is 13.3. The zero-order valence-electron chi connectivity index (χ0n) is 24.1. The van der Waals surface area contributed by atoms with Crippen molar-refractivity contribution in [2.45, 2.75) is 85.0 Å². The van der Waals surface area contributed by atoms with Crippen LogP contribution in [0.4, 0.5) is 10.5 Å². The number of nitrogens with two attached hydrogens (primary N) is 1. The van der Waals surface area contributed by atoms with Gasteiger partial charge < -0.3 is 26.0 Å². The quantitative estimate of drug-likeness (QED) is 0.392. The van der Waals surface area contributed by atoms with E-state index in [1.54, 1.807) is 32.9 Å². The molecule has 2 aromatic rings. The van der Waals surface area contributed by atoms with Gasteiger partial charge in [-0.3, -0.25) is 14.4 Å². The van der Waals surface area contributed by atoms with Crippen molar-refractivity contribution >= 4 is 41.1 Å². The highest BCUT2D eigenvalue weighted by atomic mass is 35.5. The number of hydrogen-bond donors (Lipinski definition) is 3. The maximum atomic E-state index is 14.2. The van der Waals surface area contributed by atoms with Crippen molar-refractivity contribution in [3.05, 3.63) is 63.7 Å². The van der Waals surface area contributed by atoms with E-state index in [9.17, 15) is 19.2 Å². The van der Waals surface area contributed by atoms with Gasteiger partial charge in [0.25, 0.3) is 5.91 Å². The molecule has 1 aliphatic carbocycles. The van der Waals surface area contributed by atoms with Gasteiger partial charge in [0.1, 0.15) is 17.7 Å². The van der Waals surface area contributed by atoms with Gasteiger partial charge in [0.2, 0.25) is 11.8 Å². The van der Waals surface area contributed by atoms with Crippen LogP contribution in [0.3, 0.4) is 0 Å². The summed E-state index contributed by atoms with van der Waals surface area (Å²) in [7, 11) is 0. The highest BCUT2D eigenvalue weighted by molar-refractivity contribution is 6.34. The number of rotatable bonds is 9. The first kappa shape index (κ1) is 30.9. The van der Waals surface area contributed by atoms with E-state index in [1.165, 1.54) is 4.90 Å². The van der Waals surface area contributed by atoms with Gasteiger partial charge in [-0.15, -0.1) is 0 Å². The number of nitrogens with zero attached hydrogens (tertiary/aromatic N) is 1. The summed E-state index contributed by atoms with van der Waals surface area (Å²) in [4.78, 5) is 54.4. The number of ether oxygens (including phenoxy) is 1. The number of alkyl carbamates (subject to hydrolysis) is 1. The third kappa shape index (κ3) is 7.75. The molecule has 4 unspecified atom stereocenters. The number of halogens is 1. The first-order chi connectivity index (χ1) is 18.6. The topological polar surface area (TPSA) is 131 Å². The lowest BCUT2D eigenvalue weighted by Crippen LogP contribution is -2.54. The molecule has 0 aliphatic heterocycles. The van der Waals surface area contributed by atoms with Crippen molar-refractivity contribution in [1.82, 2.24) is 10.2 Å². The van der Waals surface area contributed by atoms with E-state index in [1.807, 2.05) is 52.0 Å². The Bertz CT molecular complexity index is 1290. The monoisotopic (exact) mass is 570 g/mol. The summed E-state index contributed by atoms with van der Waals surface area (Å²) in [6, 6.07) is 8.16. The second-order valence-electron chi connectivity index (χ2n) is 11.6. The van der Waals surface area contributed by atoms with Gasteiger partial charge in [0.05, 0.1) is 17.1 Å². The minimum absolute atomic E-state index is 0.101. The molecule has 4 N–H and O–H groups in total. The van der Waals surface area contributed by atoms with E-state index >= 15 is 0 Å². The van der Waals surface area contributed by atoms with Crippen molar-refractivity contribution in [3.8, 4) is 0 Å². The third-order valence-electron chi connectivity index (χ3n) is 6.92. The Hall–Kier alpha value is -3.59. The molecule has 0 aromatic heterocycles. The summed E-state index contributed by atoms with van der Waals surface area (Å²) in [5, 5.41) is 5.80. The fourth-order valence-electron chi connectivity index (χ4n) is 4.56. The zero-order valence-corrected chi connectivity index (χ0v) is 24.9. The molecule has 3 rings (SSSR count). The highest BCUT2D eigenvalue weighted by Crippen LogP contribution is 2.41. The Morgan fingerprint density at radius 2 is 1.73 bits per heavy atom. The Labute approximate surface area is 240 Å². The van der Waals surface area contributed by atoms with E-state index in [0.29, 0.717) is 22.7 Å². The highest BCUT2D eigenvalue weighted by Gasteiger charge is 2.48. The molecule has 0 heterocycles. The normalized spacial score (nSPS) is 17.8. The molecular formula is C30H39ClN4O5. The molecule has 0 bridgehead atoms. The molecule has 9 nitrogen and oxygen atoms in total. The van der Waals surface area contributed by atoms with Crippen LogP contribution in [0.1, 0.15) is 68.8 Å². The van der Waals surface area contributed by atoms with E-state index in [0.717, 1.165) is 16.7 Å². The fourth-order valence-corrected chi connectivity index (χ4v) is 4.83. The van der Waals surface area contributed by atoms with Crippen LogP contribution >= 0.6 is 11.6 Å². The Morgan fingerprint density at radius 3 is 2.25 bits per heavy atom. The number of primary amides is 1. The SMILES string of the molecule is Cc1ccc(C(C(=O)Nc2c(C)cccc2Cl)N(C(=O)C(CC(N)=O)NC(=O)OC(C)(C)C)C2CC2C)cc1C. The number of benzene rings is 2. The predicted octanol–water partition coefficient (Wildman–Crippen LogP) is 4.95. The lowest BCUT2D eigenvalue weighted by molar-refractivity contribution is -0.142. The second-order valence-corrected chi connectivity index (χ2v) is 12.0. The van der Waals surface area contributed by atoms with Gasteiger partial charge in [-0.2, -0.15) is 0 Å². The Balaban J connectivity index is 2.09. The third-order valence-corrected chi connectivity index (χ3v) is 7.23. The summed E-state index contributed by atoms with van der Waals surface area (Å²) < 4.78 is 5.34. The van der Waals surface area contributed by atoms with Gasteiger partial charge >= 0.3 is 6.09 Å². The molecule has 0 saturated heterocycles. The van der Waals surface area contributed by atoms with Gasteiger partial charge in [-0.05, 0) is 82.2 Å². The average molecular weight is 571 g/mol. The van der Waals surface area contributed by atoms with Crippen molar-refractivity contribution in [2.75, 3.05) is 5.32 Å². The van der Waals surface area contributed by atoms with Crippen LogP contribution in [0.5, 0.6) is 0 Å². The summed E-state index contributed by atoms with van der Waals surface area (Å²) >= 11 is 6.42. The van der Waals surface area contributed by atoms with E-state index in [2.05, 4.69) is 10.6 Å². The van der Waals surface area contributed by atoms with Gasteiger partial charge in [0.15, 0.2) is 0 Å². The molecule has 4 atom stereocenters. The van der Waals surface area contributed by atoms with Gasteiger partial charge in [-0.1, -0.05) is 48.9 Å². The van der Waals surface area contributed by atoms with Gasteiger partial charge in [-0.25, -0.2) is 4.79 Å². The van der Waals surface area contributed by atoms with Crippen LogP contribution < -0.4 is 16.4 Å². The number of hydrogen-bond acceptors (Lipinski definition) is 5. The van der Waals surface area contributed by atoms with E-state index in [-0.39, 0.29) is 12.0 Å².